The second kappa shape index (κ2) is 7.47. The van der Waals surface area contributed by atoms with Crippen LogP contribution in [-0.4, -0.2) is 17.3 Å². The maximum absolute atomic E-state index is 12.1. The highest BCUT2D eigenvalue weighted by Gasteiger charge is 2.11. The molecule has 0 spiro atoms. The smallest absolute Gasteiger partial charge is 0.270 e. The van der Waals surface area contributed by atoms with Crippen LogP contribution in [0, 0.1) is 10.1 Å². The van der Waals surface area contributed by atoms with E-state index >= 15 is 0 Å². The molecule has 114 valence electrons. The van der Waals surface area contributed by atoms with Crippen molar-refractivity contribution in [3.05, 3.63) is 75.3 Å². The van der Waals surface area contributed by atoms with Crippen LogP contribution in [0.2, 0.25) is 0 Å². The van der Waals surface area contributed by atoms with Gasteiger partial charge in [-0.05, 0) is 17.5 Å². The quantitative estimate of drug-likeness (QED) is 0.484. The van der Waals surface area contributed by atoms with Crippen LogP contribution < -0.4 is 5.32 Å². The Labute approximate surface area is 129 Å². The van der Waals surface area contributed by atoms with Gasteiger partial charge in [0.05, 0.1) is 11.5 Å². The van der Waals surface area contributed by atoms with Gasteiger partial charge in [0.1, 0.15) is 0 Å². The molecule has 0 radical (unpaired) electrons. The van der Waals surface area contributed by atoms with Gasteiger partial charge in [0.2, 0.25) is 0 Å². The van der Waals surface area contributed by atoms with Crippen LogP contribution in [0.1, 0.15) is 28.4 Å². The molecule has 0 saturated heterocycles. The monoisotopic (exact) mass is 298 g/mol. The third-order valence-corrected chi connectivity index (χ3v) is 3.48. The summed E-state index contributed by atoms with van der Waals surface area (Å²) in [5.74, 6) is -0.155. The van der Waals surface area contributed by atoms with Gasteiger partial charge in [-0.25, -0.2) is 0 Å². The second-order valence-electron chi connectivity index (χ2n) is 4.96. The Balaban J connectivity index is 1.95. The van der Waals surface area contributed by atoms with E-state index in [1.807, 2.05) is 18.2 Å². The van der Waals surface area contributed by atoms with Crippen LogP contribution in [0.4, 0.5) is 5.69 Å². The van der Waals surface area contributed by atoms with E-state index in [2.05, 4.69) is 18.3 Å². The van der Waals surface area contributed by atoms with Crippen molar-refractivity contribution in [3.8, 4) is 0 Å². The number of carbonyl (C=O) groups is 1. The number of nitrogens with zero attached hydrogens (tertiary/aromatic N) is 1. The van der Waals surface area contributed by atoms with Gasteiger partial charge >= 0.3 is 0 Å². The van der Waals surface area contributed by atoms with E-state index in [4.69, 9.17) is 0 Å². The van der Waals surface area contributed by atoms with E-state index < -0.39 is 4.92 Å². The van der Waals surface area contributed by atoms with Crippen molar-refractivity contribution in [2.24, 2.45) is 0 Å². The molecular weight excluding hydrogens is 280 g/mol. The number of nitrogens with one attached hydrogen (secondary N) is 1. The van der Waals surface area contributed by atoms with Crippen molar-refractivity contribution in [1.29, 1.82) is 0 Å². The van der Waals surface area contributed by atoms with Crippen molar-refractivity contribution in [3.63, 3.8) is 0 Å². The molecule has 0 bridgehead atoms. The SMILES string of the molecule is CCc1ccccc1CNCC(=O)c1cccc([N+](=O)[O-])c1. The maximum atomic E-state index is 12.1. The van der Waals surface area contributed by atoms with Crippen LogP contribution in [0.15, 0.2) is 48.5 Å². The van der Waals surface area contributed by atoms with Crippen molar-refractivity contribution >= 4 is 11.5 Å². The first-order chi connectivity index (χ1) is 10.6. The van der Waals surface area contributed by atoms with E-state index in [0.717, 1.165) is 12.0 Å². The molecule has 1 N–H and O–H groups in total. The van der Waals surface area contributed by atoms with Gasteiger partial charge in [-0.15, -0.1) is 0 Å². The minimum atomic E-state index is -0.498. The summed E-state index contributed by atoms with van der Waals surface area (Å²) in [5.41, 5.74) is 2.70. The summed E-state index contributed by atoms with van der Waals surface area (Å²) < 4.78 is 0. The fourth-order valence-corrected chi connectivity index (χ4v) is 2.28. The van der Waals surface area contributed by atoms with Crippen LogP contribution >= 0.6 is 0 Å². The van der Waals surface area contributed by atoms with E-state index in [1.54, 1.807) is 6.07 Å². The second-order valence-corrected chi connectivity index (χ2v) is 4.96. The summed E-state index contributed by atoms with van der Waals surface area (Å²) in [6.45, 7) is 2.84. The molecule has 0 unspecified atom stereocenters. The Kier molecular flexibility index (Phi) is 5.38. The van der Waals surface area contributed by atoms with E-state index in [-0.39, 0.29) is 18.0 Å². The van der Waals surface area contributed by atoms with Crippen LogP contribution in [0.25, 0.3) is 0 Å². The first-order valence-electron chi connectivity index (χ1n) is 7.17. The maximum Gasteiger partial charge on any atom is 0.270 e. The summed E-state index contributed by atoms with van der Waals surface area (Å²) in [4.78, 5) is 22.3. The Morgan fingerprint density at radius 3 is 2.55 bits per heavy atom. The van der Waals surface area contributed by atoms with Gasteiger partial charge in [-0.2, -0.15) is 0 Å². The third-order valence-electron chi connectivity index (χ3n) is 3.48. The first-order valence-corrected chi connectivity index (χ1v) is 7.17. The topological polar surface area (TPSA) is 72.2 Å². The van der Waals surface area contributed by atoms with Crippen LogP contribution in [0.5, 0.6) is 0 Å². The number of hydrogen-bond donors (Lipinski definition) is 1. The molecule has 2 aromatic carbocycles. The standard InChI is InChI=1S/C17H18N2O3/c1-2-13-6-3-4-7-15(13)11-18-12-17(20)14-8-5-9-16(10-14)19(21)22/h3-10,18H,2,11-12H2,1H3. The number of Topliss-reactive ketones (excluding diaryl/α,β-unsaturated/α-hetero) is 1. The van der Waals surface area contributed by atoms with Gasteiger partial charge < -0.3 is 5.32 Å². The number of aryl methyl sites for hydroxylation is 1. The van der Waals surface area contributed by atoms with Crippen molar-refractivity contribution in [2.45, 2.75) is 19.9 Å². The normalized spacial score (nSPS) is 10.4. The number of benzene rings is 2. The molecule has 0 saturated carbocycles. The summed E-state index contributed by atoms with van der Waals surface area (Å²) in [6, 6.07) is 13.9. The van der Waals surface area contributed by atoms with Gasteiger partial charge in [-0.3, -0.25) is 14.9 Å². The number of hydrogen-bond acceptors (Lipinski definition) is 4. The number of carbonyl (C=O) groups excluding carboxylic acids is 1. The molecule has 0 amide bonds. The lowest BCUT2D eigenvalue weighted by Crippen LogP contribution is -2.23. The fraction of sp³-hybridized carbons (Fsp3) is 0.235. The summed E-state index contributed by atoms with van der Waals surface area (Å²) in [5, 5.41) is 13.8. The highest BCUT2D eigenvalue weighted by molar-refractivity contribution is 5.98. The molecule has 22 heavy (non-hydrogen) atoms. The fourth-order valence-electron chi connectivity index (χ4n) is 2.28. The zero-order valence-electron chi connectivity index (χ0n) is 12.4. The molecule has 5 nitrogen and oxygen atoms in total. The average molecular weight is 298 g/mol. The summed E-state index contributed by atoms with van der Waals surface area (Å²) >= 11 is 0. The minimum absolute atomic E-state index is 0.0674. The van der Waals surface area contributed by atoms with Crippen LogP contribution in [0.3, 0.4) is 0 Å². The molecule has 0 aliphatic rings. The van der Waals surface area contributed by atoms with Crippen molar-refractivity contribution in [1.82, 2.24) is 5.32 Å². The number of ketones is 1. The Bertz CT molecular complexity index is 683. The number of non-ortho nitro benzene ring substituents is 1. The van der Waals surface area contributed by atoms with E-state index in [1.165, 1.54) is 23.8 Å². The van der Waals surface area contributed by atoms with Crippen LogP contribution in [-0.2, 0) is 13.0 Å². The molecule has 5 heteroatoms. The molecule has 2 aromatic rings. The lowest BCUT2D eigenvalue weighted by atomic mass is 10.1. The van der Waals surface area contributed by atoms with Gasteiger partial charge in [0, 0.05) is 24.2 Å². The first kappa shape index (κ1) is 15.9. The Morgan fingerprint density at radius 1 is 1.14 bits per heavy atom. The predicted octanol–water partition coefficient (Wildman–Crippen LogP) is 3.13. The zero-order chi connectivity index (χ0) is 15.9. The summed E-state index contributed by atoms with van der Waals surface area (Å²) in [7, 11) is 0. The lowest BCUT2D eigenvalue weighted by molar-refractivity contribution is -0.384. The zero-order valence-corrected chi connectivity index (χ0v) is 12.4. The van der Waals surface area contributed by atoms with Crippen molar-refractivity contribution < 1.29 is 9.72 Å². The van der Waals surface area contributed by atoms with E-state index in [9.17, 15) is 14.9 Å². The number of rotatable bonds is 7. The van der Waals surface area contributed by atoms with Crippen molar-refractivity contribution in [2.75, 3.05) is 6.54 Å². The molecule has 2 rings (SSSR count). The molecule has 0 aromatic heterocycles. The number of nitro benzene ring substituents is 1. The van der Waals surface area contributed by atoms with Gasteiger partial charge in [0.15, 0.2) is 5.78 Å². The molecule has 0 aliphatic heterocycles. The highest BCUT2D eigenvalue weighted by Crippen LogP contribution is 2.13. The molecular formula is C17H18N2O3. The highest BCUT2D eigenvalue weighted by atomic mass is 16.6. The molecule has 0 aliphatic carbocycles. The average Bonchev–Trinajstić information content (AvgIpc) is 2.55. The Hall–Kier alpha value is -2.53. The molecule has 0 atom stereocenters. The van der Waals surface area contributed by atoms with Gasteiger partial charge in [0.25, 0.3) is 5.69 Å². The third kappa shape index (κ3) is 3.99. The predicted molar refractivity (Wildman–Crippen MR) is 85.0 cm³/mol. The molecule has 0 fully saturated rings. The lowest BCUT2D eigenvalue weighted by Gasteiger charge is -2.08. The largest absolute Gasteiger partial charge is 0.306 e. The Morgan fingerprint density at radius 2 is 1.86 bits per heavy atom. The molecule has 0 heterocycles. The number of nitro groups is 1. The van der Waals surface area contributed by atoms with Gasteiger partial charge in [-0.1, -0.05) is 43.3 Å². The summed E-state index contributed by atoms with van der Waals surface area (Å²) in [6.07, 6.45) is 0.941. The minimum Gasteiger partial charge on any atom is -0.306 e. The van der Waals surface area contributed by atoms with E-state index in [0.29, 0.717) is 12.1 Å².